The molecule has 2 aromatic carbocycles. The minimum atomic E-state index is -4.02. The van der Waals surface area contributed by atoms with Gasteiger partial charge in [-0.2, -0.15) is 8.42 Å². The number of nitrogens with zero attached hydrogens (tertiary/aromatic N) is 1. The summed E-state index contributed by atoms with van der Waals surface area (Å²) in [6.45, 7) is 8.62. The molecule has 6 rings (SSSR count). The lowest BCUT2D eigenvalue weighted by Crippen LogP contribution is -2.65. The lowest BCUT2D eigenvalue weighted by molar-refractivity contribution is -0.199. The maximum atomic E-state index is 13.0. The predicted octanol–water partition coefficient (Wildman–Crippen LogP) is 3.22. The number of benzene rings is 2. The largest absolute Gasteiger partial charge is 0.481 e. The highest BCUT2D eigenvalue weighted by atomic mass is 32.2. The number of carbonyl (C=O) groups excluding carboxylic acids is 1. The van der Waals surface area contributed by atoms with Gasteiger partial charge < -0.3 is 20.4 Å². The zero-order valence-corrected chi connectivity index (χ0v) is 29.2. The molecule has 1 unspecified atom stereocenters. The SMILES string of the molecule is CN(C)S(=O)(=O)CC(N)C(=O)N[C@@H](CCCc1ccccc1)B1O[C@@H]2C[C@@H]3C[C@@H](C3(C)C)[C@]2(C)O1.Cc1ccc(S(=O)(=O)O)cc1. The van der Waals surface area contributed by atoms with E-state index in [1.165, 1.54) is 31.8 Å². The fourth-order valence-corrected chi connectivity index (χ4v) is 8.35. The van der Waals surface area contributed by atoms with Crippen molar-refractivity contribution >= 4 is 33.2 Å². The minimum absolute atomic E-state index is 0.000549. The van der Waals surface area contributed by atoms with Crippen LogP contribution in [0.3, 0.4) is 0 Å². The Balaban J connectivity index is 0.000000369. The van der Waals surface area contributed by atoms with Crippen LogP contribution in [0, 0.1) is 24.2 Å². The van der Waals surface area contributed by atoms with Crippen LogP contribution in [0.15, 0.2) is 59.5 Å². The third-order valence-corrected chi connectivity index (χ3v) is 12.8. The Labute approximate surface area is 274 Å². The molecule has 2 bridgehead atoms. The zero-order chi connectivity index (χ0) is 34.1. The Bertz CT molecular complexity index is 1570. The van der Waals surface area contributed by atoms with Crippen LogP contribution in [0.5, 0.6) is 0 Å². The fraction of sp³-hybridized carbons (Fsp3) is 0.594. The first-order valence-electron chi connectivity index (χ1n) is 15.7. The molecular weight excluding hydrogens is 629 g/mol. The maximum Gasteiger partial charge on any atom is 0.481 e. The summed E-state index contributed by atoms with van der Waals surface area (Å²) in [5.41, 5.74) is 8.03. The third-order valence-electron chi connectivity index (χ3n) is 10.1. The Morgan fingerprint density at radius 1 is 1.07 bits per heavy atom. The molecular formula is C32H48BN3O8S2. The number of hydrogen-bond acceptors (Lipinski definition) is 8. The van der Waals surface area contributed by atoms with Crippen molar-refractivity contribution in [1.82, 2.24) is 9.62 Å². The van der Waals surface area contributed by atoms with Crippen LogP contribution >= 0.6 is 0 Å². The van der Waals surface area contributed by atoms with E-state index in [0.29, 0.717) is 18.3 Å². The van der Waals surface area contributed by atoms with Gasteiger partial charge in [0.1, 0.15) is 0 Å². The molecule has 254 valence electrons. The van der Waals surface area contributed by atoms with Crippen LogP contribution < -0.4 is 11.1 Å². The van der Waals surface area contributed by atoms with Gasteiger partial charge in [0.2, 0.25) is 15.9 Å². The minimum Gasteiger partial charge on any atom is -0.404 e. The molecule has 14 heteroatoms. The maximum absolute atomic E-state index is 13.0. The molecule has 11 nitrogen and oxygen atoms in total. The summed E-state index contributed by atoms with van der Waals surface area (Å²) in [5, 5.41) is 2.99. The highest BCUT2D eigenvalue weighted by molar-refractivity contribution is 7.89. The van der Waals surface area contributed by atoms with Gasteiger partial charge in [-0.25, -0.2) is 12.7 Å². The van der Waals surface area contributed by atoms with E-state index in [-0.39, 0.29) is 22.0 Å². The summed E-state index contributed by atoms with van der Waals surface area (Å²) >= 11 is 0. The normalized spacial score (nSPS) is 26.3. The van der Waals surface area contributed by atoms with Gasteiger partial charge in [-0.15, -0.1) is 0 Å². The van der Waals surface area contributed by atoms with Crippen LogP contribution in [-0.2, 0) is 40.7 Å². The van der Waals surface area contributed by atoms with Crippen molar-refractivity contribution in [3.8, 4) is 0 Å². The number of amides is 1. The highest BCUT2D eigenvalue weighted by Gasteiger charge is 2.68. The molecule has 2 aromatic rings. The van der Waals surface area contributed by atoms with Gasteiger partial charge in [-0.3, -0.25) is 9.35 Å². The number of rotatable bonds is 11. The standard InChI is InChI=1S/C25H40BN3O5S.C7H8O3S/c1-24(2)18-14-20(24)25(3)21(15-18)33-26(34-25)22(13-9-12-17-10-7-6-8-11-17)28-23(30)19(27)16-35(31,32)29(4)5;1-6-2-4-7(5-3-6)11(8,9)10/h6-8,10-11,18-22H,9,12-16,27H2,1-5H3,(H,28,30);2-5H,1H3,(H,8,9,10)/t18-,19?,20-,21+,22-,25-;/m0./s1. The summed E-state index contributed by atoms with van der Waals surface area (Å²) in [7, 11) is -5.35. The molecule has 4 N–H and O–H groups in total. The van der Waals surface area contributed by atoms with Crippen LogP contribution in [0.4, 0.5) is 0 Å². The molecule has 3 saturated carbocycles. The summed E-state index contributed by atoms with van der Waals surface area (Å²) < 4.78 is 68.2. The molecule has 0 aromatic heterocycles. The molecule has 46 heavy (non-hydrogen) atoms. The van der Waals surface area contributed by atoms with E-state index in [4.69, 9.17) is 19.6 Å². The van der Waals surface area contributed by atoms with Crippen molar-refractivity contribution in [3.05, 3.63) is 65.7 Å². The van der Waals surface area contributed by atoms with Gasteiger partial charge in [0, 0.05) is 14.1 Å². The number of aryl methyl sites for hydroxylation is 2. The average Bonchev–Trinajstić information content (AvgIpc) is 3.34. The zero-order valence-electron chi connectivity index (χ0n) is 27.5. The molecule has 4 fully saturated rings. The molecule has 0 spiro atoms. The van der Waals surface area contributed by atoms with E-state index in [9.17, 15) is 21.6 Å². The van der Waals surface area contributed by atoms with Crippen molar-refractivity contribution < 1.29 is 35.5 Å². The van der Waals surface area contributed by atoms with Crippen LogP contribution in [0.1, 0.15) is 57.6 Å². The second-order valence-electron chi connectivity index (χ2n) is 13.8. The van der Waals surface area contributed by atoms with E-state index in [0.717, 1.165) is 35.6 Å². The Kier molecular flexibility index (Phi) is 11.1. The van der Waals surface area contributed by atoms with Gasteiger partial charge in [0.15, 0.2) is 0 Å². The Morgan fingerprint density at radius 2 is 1.70 bits per heavy atom. The molecule has 1 amide bonds. The third kappa shape index (κ3) is 8.20. The number of nitrogens with two attached hydrogens (primary N) is 1. The monoisotopic (exact) mass is 677 g/mol. The van der Waals surface area contributed by atoms with E-state index < -0.39 is 50.9 Å². The summed E-state index contributed by atoms with van der Waals surface area (Å²) in [6, 6.07) is 15.0. The van der Waals surface area contributed by atoms with Gasteiger partial charge in [0.05, 0.1) is 34.3 Å². The number of carbonyl (C=O) groups is 1. The van der Waals surface area contributed by atoms with Gasteiger partial charge >= 0.3 is 7.12 Å². The molecule has 3 aliphatic carbocycles. The second kappa shape index (κ2) is 14.0. The van der Waals surface area contributed by atoms with Crippen LogP contribution in [0.2, 0.25) is 0 Å². The van der Waals surface area contributed by atoms with E-state index in [2.05, 4.69) is 38.2 Å². The number of hydrogen-bond donors (Lipinski definition) is 3. The molecule has 0 radical (unpaired) electrons. The van der Waals surface area contributed by atoms with E-state index in [1.807, 2.05) is 25.1 Å². The summed E-state index contributed by atoms with van der Waals surface area (Å²) in [5.74, 6) is -0.326. The Hall–Kier alpha value is -2.33. The second-order valence-corrected chi connectivity index (χ2v) is 17.4. The quantitative estimate of drug-likeness (QED) is 0.239. The number of sulfonamides is 1. The smallest absolute Gasteiger partial charge is 0.404 e. The summed E-state index contributed by atoms with van der Waals surface area (Å²) in [6.07, 6.45) is 4.43. The average molecular weight is 678 g/mol. The van der Waals surface area contributed by atoms with Crippen LogP contribution in [-0.4, -0.2) is 82.3 Å². The first-order valence-corrected chi connectivity index (χ1v) is 18.8. The first-order chi connectivity index (χ1) is 21.3. The van der Waals surface area contributed by atoms with Crippen molar-refractivity contribution in [2.45, 2.75) is 88.4 Å². The predicted molar refractivity (Wildman–Crippen MR) is 178 cm³/mol. The van der Waals surface area contributed by atoms with Gasteiger partial charge in [0.25, 0.3) is 10.1 Å². The van der Waals surface area contributed by atoms with E-state index >= 15 is 0 Å². The van der Waals surface area contributed by atoms with Crippen molar-refractivity contribution in [3.63, 3.8) is 0 Å². The summed E-state index contributed by atoms with van der Waals surface area (Å²) in [4.78, 5) is 12.9. The number of nitrogens with one attached hydrogen (secondary N) is 1. The molecule has 1 aliphatic heterocycles. The van der Waals surface area contributed by atoms with E-state index in [1.54, 1.807) is 12.1 Å². The van der Waals surface area contributed by atoms with Crippen molar-refractivity contribution in [2.24, 2.45) is 23.0 Å². The molecule has 1 saturated heterocycles. The molecule has 4 aliphatic rings. The lowest BCUT2D eigenvalue weighted by atomic mass is 9.43. The Morgan fingerprint density at radius 3 is 2.26 bits per heavy atom. The van der Waals surface area contributed by atoms with Crippen molar-refractivity contribution in [1.29, 1.82) is 0 Å². The van der Waals surface area contributed by atoms with Gasteiger partial charge in [-0.1, -0.05) is 61.9 Å². The molecule has 6 atom stereocenters. The first kappa shape index (κ1) is 36.5. The highest BCUT2D eigenvalue weighted by Crippen LogP contribution is 2.65. The van der Waals surface area contributed by atoms with Crippen molar-refractivity contribution in [2.75, 3.05) is 19.8 Å². The fourth-order valence-electron chi connectivity index (χ4n) is 6.97. The van der Waals surface area contributed by atoms with Crippen LogP contribution in [0.25, 0.3) is 0 Å². The molecule has 1 heterocycles. The topological polar surface area (TPSA) is 165 Å². The lowest BCUT2D eigenvalue weighted by Gasteiger charge is -2.64. The van der Waals surface area contributed by atoms with Gasteiger partial charge in [-0.05, 0) is 80.9 Å².